The highest BCUT2D eigenvalue weighted by Gasteiger charge is 2.20. The van der Waals surface area contributed by atoms with Crippen LogP contribution in [0.5, 0.6) is 0 Å². The van der Waals surface area contributed by atoms with Gasteiger partial charge in [0.2, 0.25) is 5.78 Å². The third kappa shape index (κ3) is 5.64. The summed E-state index contributed by atoms with van der Waals surface area (Å²) in [5.74, 6) is -0.862. The molecule has 0 amide bonds. The Hall–Kier alpha value is -3.78. The second-order valence-corrected chi connectivity index (χ2v) is 6.88. The van der Waals surface area contributed by atoms with Crippen LogP contribution in [0.3, 0.4) is 0 Å². The molecule has 0 fully saturated rings. The van der Waals surface area contributed by atoms with Gasteiger partial charge >= 0.3 is 5.97 Å². The number of carbonyl (C=O) groups is 2. The molecule has 3 aromatic rings. The van der Waals surface area contributed by atoms with Crippen LogP contribution in [-0.4, -0.2) is 34.0 Å². The van der Waals surface area contributed by atoms with Crippen LogP contribution in [0.2, 0.25) is 5.02 Å². The molecule has 2 N–H and O–H groups in total. The number of ketones is 1. The molecule has 2 aromatic carbocycles. The van der Waals surface area contributed by atoms with Gasteiger partial charge in [-0.15, -0.1) is 0 Å². The highest BCUT2D eigenvalue weighted by atomic mass is 35.5. The van der Waals surface area contributed by atoms with Gasteiger partial charge in [0.05, 0.1) is 17.9 Å². The van der Waals surface area contributed by atoms with Crippen LogP contribution in [0.25, 0.3) is 0 Å². The molecule has 0 radical (unpaired) electrons. The zero-order valence-corrected chi connectivity index (χ0v) is 17.6. The Morgan fingerprint density at radius 3 is 2.35 bits per heavy atom. The van der Waals surface area contributed by atoms with Crippen LogP contribution in [-0.2, 0) is 4.74 Å². The Kier molecular flexibility index (Phi) is 6.94. The molecule has 3 rings (SSSR count). The first-order chi connectivity index (χ1) is 14.9. The molecule has 8 nitrogen and oxygen atoms in total. The molecule has 0 aliphatic rings. The van der Waals surface area contributed by atoms with E-state index in [1.54, 1.807) is 62.4 Å². The Labute approximate surface area is 182 Å². The molecule has 158 valence electrons. The first kappa shape index (κ1) is 21.9. The summed E-state index contributed by atoms with van der Waals surface area (Å²) in [5.41, 5.74) is 3.95. The summed E-state index contributed by atoms with van der Waals surface area (Å²) < 4.78 is 4.95. The van der Waals surface area contributed by atoms with Crippen molar-refractivity contribution in [2.75, 3.05) is 12.0 Å². The summed E-state index contributed by atoms with van der Waals surface area (Å²) in [4.78, 5) is 43.5. The van der Waals surface area contributed by atoms with E-state index in [1.807, 2.05) is 0 Å². The van der Waals surface area contributed by atoms with Gasteiger partial charge in [0, 0.05) is 22.3 Å². The Morgan fingerprint density at radius 1 is 1.10 bits per heavy atom. The summed E-state index contributed by atoms with van der Waals surface area (Å²) in [6, 6.07) is 14.0. The fourth-order valence-electron chi connectivity index (χ4n) is 2.66. The van der Waals surface area contributed by atoms with Crippen LogP contribution in [0, 0.1) is 6.92 Å². The molecule has 0 saturated heterocycles. The molecule has 0 aliphatic carbocycles. The molecular formula is C22H19ClN4O4. The number of nitrogens with zero attached hydrogens (tertiary/aromatic N) is 2. The van der Waals surface area contributed by atoms with Crippen molar-refractivity contribution in [1.29, 1.82) is 0 Å². The average molecular weight is 439 g/mol. The number of ether oxygens (including phenoxy) is 1. The van der Waals surface area contributed by atoms with Crippen LogP contribution >= 0.6 is 11.6 Å². The smallest absolute Gasteiger partial charge is 0.338 e. The molecule has 0 atom stereocenters. The second kappa shape index (κ2) is 9.82. The van der Waals surface area contributed by atoms with Crippen LogP contribution in [0.15, 0.2) is 64.5 Å². The molecule has 0 bridgehead atoms. The van der Waals surface area contributed by atoms with Gasteiger partial charge in [-0.2, -0.15) is 5.10 Å². The number of esters is 1. The highest BCUT2D eigenvalue weighted by molar-refractivity contribution is 6.50. The van der Waals surface area contributed by atoms with E-state index in [-0.39, 0.29) is 18.1 Å². The maximum atomic E-state index is 13.1. The second-order valence-electron chi connectivity index (χ2n) is 6.44. The summed E-state index contributed by atoms with van der Waals surface area (Å²) in [5, 5.41) is 4.67. The number of hydrogen-bond acceptors (Lipinski definition) is 7. The number of carbonyl (C=O) groups excluding carboxylic acids is 2. The van der Waals surface area contributed by atoms with Crippen molar-refractivity contribution in [3.8, 4) is 0 Å². The van der Waals surface area contributed by atoms with E-state index in [0.29, 0.717) is 27.5 Å². The van der Waals surface area contributed by atoms with E-state index in [9.17, 15) is 14.4 Å². The minimum absolute atomic E-state index is 0.0283. The number of hydrogen-bond donors (Lipinski definition) is 2. The quantitative estimate of drug-likeness (QED) is 0.252. The molecule has 9 heteroatoms. The summed E-state index contributed by atoms with van der Waals surface area (Å²) in [6.45, 7) is 3.65. The molecule has 0 saturated carbocycles. The van der Waals surface area contributed by atoms with Crippen molar-refractivity contribution in [3.05, 3.63) is 92.6 Å². The standard InChI is InChI=1S/C22H19ClN4O4/c1-3-31-22(30)15-6-10-17(11-7-15)26-27-19(21-24-13(2)12-18(28)25-21)20(29)14-4-8-16(23)9-5-14/h4-12,26H,3H2,1-2H3,(H,24,25,28)/b27-19+. The van der Waals surface area contributed by atoms with E-state index in [4.69, 9.17) is 16.3 Å². The molecule has 0 unspecified atom stereocenters. The van der Waals surface area contributed by atoms with Gasteiger partial charge < -0.3 is 9.72 Å². The fourth-order valence-corrected chi connectivity index (χ4v) is 2.78. The number of Topliss-reactive ketones (excluding diaryl/α,β-unsaturated/α-hetero) is 1. The zero-order valence-electron chi connectivity index (χ0n) is 16.8. The van der Waals surface area contributed by atoms with Crippen molar-refractivity contribution < 1.29 is 14.3 Å². The third-order valence-electron chi connectivity index (χ3n) is 4.11. The Bertz CT molecular complexity index is 1190. The zero-order chi connectivity index (χ0) is 22.4. The number of aryl methyl sites for hydroxylation is 1. The highest BCUT2D eigenvalue weighted by Crippen LogP contribution is 2.14. The van der Waals surface area contributed by atoms with Gasteiger partial charge in [-0.1, -0.05) is 11.6 Å². The topological polar surface area (TPSA) is 114 Å². The van der Waals surface area contributed by atoms with E-state index < -0.39 is 17.3 Å². The minimum atomic E-state index is -0.457. The van der Waals surface area contributed by atoms with E-state index in [2.05, 4.69) is 20.5 Å². The van der Waals surface area contributed by atoms with Crippen LogP contribution < -0.4 is 11.0 Å². The van der Waals surface area contributed by atoms with E-state index >= 15 is 0 Å². The van der Waals surface area contributed by atoms with Crippen molar-refractivity contribution in [3.63, 3.8) is 0 Å². The maximum Gasteiger partial charge on any atom is 0.338 e. The van der Waals surface area contributed by atoms with E-state index in [0.717, 1.165) is 0 Å². The number of hydrazone groups is 1. The Balaban J connectivity index is 1.94. The summed E-state index contributed by atoms with van der Waals surface area (Å²) in [6.07, 6.45) is 0. The first-order valence-corrected chi connectivity index (χ1v) is 9.74. The number of aromatic amines is 1. The van der Waals surface area contributed by atoms with Gasteiger partial charge in [-0.3, -0.25) is 15.0 Å². The number of benzene rings is 2. The number of H-pyrrole nitrogens is 1. The van der Waals surface area contributed by atoms with Gasteiger partial charge in [0.25, 0.3) is 5.56 Å². The van der Waals surface area contributed by atoms with Crippen molar-refractivity contribution >= 4 is 34.8 Å². The lowest BCUT2D eigenvalue weighted by molar-refractivity contribution is 0.0526. The monoisotopic (exact) mass is 438 g/mol. The van der Waals surface area contributed by atoms with Gasteiger partial charge in [-0.05, 0) is 62.4 Å². The SMILES string of the molecule is CCOC(=O)c1ccc(N/N=C(\C(=O)c2ccc(Cl)cc2)c2nc(C)cc(=O)[nH]2)cc1. The third-order valence-corrected chi connectivity index (χ3v) is 4.36. The lowest BCUT2D eigenvalue weighted by Crippen LogP contribution is -2.24. The molecule has 0 spiro atoms. The minimum Gasteiger partial charge on any atom is -0.462 e. The maximum absolute atomic E-state index is 13.1. The molecule has 0 aliphatic heterocycles. The fraction of sp³-hybridized carbons (Fsp3) is 0.136. The number of halogens is 1. The predicted molar refractivity (Wildman–Crippen MR) is 118 cm³/mol. The number of anilines is 1. The molecule has 1 aromatic heterocycles. The normalized spacial score (nSPS) is 11.1. The number of aromatic nitrogens is 2. The van der Waals surface area contributed by atoms with Gasteiger partial charge in [0.15, 0.2) is 11.5 Å². The number of rotatable bonds is 7. The van der Waals surface area contributed by atoms with Gasteiger partial charge in [0.1, 0.15) is 0 Å². The lowest BCUT2D eigenvalue weighted by atomic mass is 10.1. The van der Waals surface area contributed by atoms with Crippen LogP contribution in [0.4, 0.5) is 5.69 Å². The predicted octanol–water partition coefficient (Wildman–Crippen LogP) is 3.61. The van der Waals surface area contributed by atoms with Gasteiger partial charge in [-0.25, -0.2) is 9.78 Å². The molecule has 1 heterocycles. The lowest BCUT2D eigenvalue weighted by Gasteiger charge is -2.08. The Morgan fingerprint density at radius 2 is 1.74 bits per heavy atom. The molecular weight excluding hydrogens is 420 g/mol. The van der Waals surface area contributed by atoms with Crippen LogP contribution in [0.1, 0.15) is 39.2 Å². The largest absolute Gasteiger partial charge is 0.462 e. The van der Waals surface area contributed by atoms with Crippen molar-refractivity contribution in [1.82, 2.24) is 9.97 Å². The molecule has 31 heavy (non-hydrogen) atoms. The number of nitrogens with one attached hydrogen (secondary N) is 2. The van der Waals surface area contributed by atoms with Crippen molar-refractivity contribution in [2.45, 2.75) is 13.8 Å². The first-order valence-electron chi connectivity index (χ1n) is 9.37. The summed E-state index contributed by atoms with van der Waals surface area (Å²) >= 11 is 5.90. The summed E-state index contributed by atoms with van der Waals surface area (Å²) in [7, 11) is 0. The average Bonchev–Trinajstić information content (AvgIpc) is 2.74. The van der Waals surface area contributed by atoms with Crippen molar-refractivity contribution in [2.24, 2.45) is 5.10 Å². The van der Waals surface area contributed by atoms with E-state index in [1.165, 1.54) is 6.07 Å².